The van der Waals surface area contributed by atoms with Crippen LogP contribution < -0.4 is 0 Å². The fourth-order valence-electron chi connectivity index (χ4n) is 0.838. The van der Waals surface area contributed by atoms with Crippen molar-refractivity contribution in [2.45, 2.75) is 13.8 Å². The summed E-state index contributed by atoms with van der Waals surface area (Å²) in [5.41, 5.74) is 1.14. The molecule has 0 aromatic heterocycles. The van der Waals surface area contributed by atoms with Gasteiger partial charge in [0.2, 0.25) is 0 Å². The predicted molar refractivity (Wildman–Crippen MR) is 64.6 cm³/mol. The van der Waals surface area contributed by atoms with Crippen molar-refractivity contribution in [3.05, 3.63) is 59.4 Å². The van der Waals surface area contributed by atoms with Crippen molar-refractivity contribution >= 4 is 11.8 Å². The lowest BCUT2D eigenvalue weighted by Gasteiger charge is -2.02. The molecule has 0 aliphatic rings. The number of thioether (sulfide) groups is 1. The summed E-state index contributed by atoms with van der Waals surface area (Å²) in [5.74, 6) is 0. The third-order valence-electron chi connectivity index (χ3n) is 1.47. The molecule has 13 heavy (non-hydrogen) atoms. The topological polar surface area (TPSA) is 0 Å². The number of rotatable bonds is 5. The molecule has 0 aromatic rings. The lowest BCUT2D eigenvalue weighted by atomic mass is 10.2. The van der Waals surface area contributed by atoms with Crippen LogP contribution in [0.5, 0.6) is 0 Å². The van der Waals surface area contributed by atoms with Crippen molar-refractivity contribution in [2.24, 2.45) is 0 Å². The summed E-state index contributed by atoms with van der Waals surface area (Å²) < 4.78 is 0. The van der Waals surface area contributed by atoms with Gasteiger partial charge in [-0.2, -0.15) is 0 Å². The van der Waals surface area contributed by atoms with Crippen molar-refractivity contribution in [3.63, 3.8) is 0 Å². The molecule has 0 nitrogen and oxygen atoms in total. The zero-order chi connectivity index (χ0) is 10.1. The summed E-state index contributed by atoms with van der Waals surface area (Å²) in [6, 6.07) is 0. The number of allylic oxidation sites excluding steroid dienone is 6. The fourth-order valence-corrected chi connectivity index (χ4v) is 1.51. The summed E-state index contributed by atoms with van der Waals surface area (Å²) in [5, 5.41) is 1.82. The Balaban J connectivity index is 4.77. The van der Waals surface area contributed by atoms with E-state index < -0.39 is 0 Å². The molecule has 0 rings (SSSR count). The van der Waals surface area contributed by atoms with Gasteiger partial charge in [0.05, 0.1) is 0 Å². The van der Waals surface area contributed by atoms with Crippen molar-refractivity contribution in [1.82, 2.24) is 0 Å². The first kappa shape index (κ1) is 12.0. The highest BCUT2D eigenvalue weighted by molar-refractivity contribution is 8.06. The van der Waals surface area contributed by atoms with Crippen molar-refractivity contribution in [2.75, 3.05) is 0 Å². The van der Waals surface area contributed by atoms with Crippen LogP contribution in [0.1, 0.15) is 13.8 Å². The summed E-state index contributed by atoms with van der Waals surface area (Å²) in [4.78, 5) is 1.17. The Morgan fingerprint density at radius 2 is 1.92 bits per heavy atom. The van der Waals surface area contributed by atoms with Gasteiger partial charge in [-0.15, -0.1) is 0 Å². The Kier molecular flexibility index (Phi) is 7.12. The van der Waals surface area contributed by atoms with E-state index in [-0.39, 0.29) is 0 Å². The van der Waals surface area contributed by atoms with E-state index >= 15 is 0 Å². The zero-order valence-corrected chi connectivity index (χ0v) is 9.10. The maximum atomic E-state index is 3.76. The molecule has 0 atom stereocenters. The van der Waals surface area contributed by atoms with Gasteiger partial charge in [-0.1, -0.05) is 49.2 Å². The molecule has 0 bridgehead atoms. The maximum Gasteiger partial charge on any atom is 0.0184 e. The highest BCUT2D eigenvalue weighted by atomic mass is 32.2. The number of hydrogen-bond acceptors (Lipinski definition) is 1. The Morgan fingerprint density at radius 3 is 2.31 bits per heavy atom. The average Bonchev–Trinajstić information content (AvgIpc) is 2.16. The van der Waals surface area contributed by atoms with Gasteiger partial charge in [0.15, 0.2) is 0 Å². The van der Waals surface area contributed by atoms with Gasteiger partial charge in [-0.25, -0.2) is 0 Å². The van der Waals surface area contributed by atoms with Crippen molar-refractivity contribution in [1.29, 1.82) is 0 Å². The highest BCUT2D eigenvalue weighted by Gasteiger charge is 1.97. The molecule has 0 amide bonds. The van der Waals surface area contributed by atoms with Gasteiger partial charge in [-0.05, 0) is 30.9 Å². The summed E-state index contributed by atoms with van der Waals surface area (Å²) in [7, 11) is 0. The minimum Gasteiger partial charge on any atom is -0.0984 e. The molecule has 0 heterocycles. The van der Waals surface area contributed by atoms with Crippen LogP contribution in [0, 0.1) is 0 Å². The van der Waals surface area contributed by atoms with E-state index in [1.807, 2.05) is 43.6 Å². The molecular formula is C12H16S. The number of hydrogen-bond donors (Lipinski definition) is 0. The van der Waals surface area contributed by atoms with Crippen LogP contribution in [0.3, 0.4) is 0 Å². The van der Waals surface area contributed by atoms with E-state index in [0.717, 1.165) is 5.57 Å². The zero-order valence-electron chi connectivity index (χ0n) is 8.29. The van der Waals surface area contributed by atoms with E-state index in [9.17, 15) is 0 Å². The lowest BCUT2D eigenvalue weighted by molar-refractivity contribution is 1.58. The standard InChI is InChI=1S/C12H16S/c1-5-9-10-12(13-8-4)11(6-2)7-3/h5-10H,2,4H2,1,3H3/b9-5-,11-7-,12-10+. The van der Waals surface area contributed by atoms with Crippen LogP contribution in [-0.4, -0.2) is 0 Å². The normalized spacial score (nSPS) is 13.4. The average molecular weight is 192 g/mol. The van der Waals surface area contributed by atoms with Gasteiger partial charge < -0.3 is 0 Å². The molecule has 0 radical (unpaired) electrons. The Morgan fingerprint density at radius 1 is 1.23 bits per heavy atom. The summed E-state index contributed by atoms with van der Waals surface area (Å²) in [6.45, 7) is 11.5. The van der Waals surface area contributed by atoms with Crippen molar-refractivity contribution in [3.8, 4) is 0 Å². The monoisotopic (exact) mass is 192 g/mol. The third-order valence-corrected chi connectivity index (χ3v) is 2.26. The van der Waals surface area contributed by atoms with Crippen LogP contribution in [0.4, 0.5) is 0 Å². The molecule has 0 saturated heterocycles. The first-order valence-corrected chi connectivity index (χ1v) is 5.07. The third kappa shape index (κ3) is 4.58. The molecule has 0 spiro atoms. The van der Waals surface area contributed by atoms with Crippen LogP contribution in [0.2, 0.25) is 0 Å². The van der Waals surface area contributed by atoms with E-state index in [0.29, 0.717) is 0 Å². The second-order valence-electron chi connectivity index (χ2n) is 2.29. The molecule has 0 N–H and O–H groups in total. The van der Waals surface area contributed by atoms with Gasteiger partial charge in [0.25, 0.3) is 0 Å². The fraction of sp³-hybridized carbons (Fsp3) is 0.167. The van der Waals surface area contributed by atoms with Crippen LogP contribution >= 0.6 is 11.8 Å². The first-order chi connectivity index (χ1) is 6.29. The van der Waals surface area contributed by atoms with E-state index in [1.54, 1.807) is 11.8 Å². The largest absolute Gasteiger partial charge is 0.0984 e. The van der Waals surface area contributed by atoms with E-state index in [1.165, 1.54) is 4.91 Å². The molecule has 1 heteroatoms. The quantitative estimate of drug-likeness (QED) is 0.580. The molecule has 70 valence electrons. The highest BCUT2D eigenvalue weighted by Crippen LogP contribution is 2.25. The molecule has 0 saturated carbocycles. The molecule has 0 aliphatic carbocycles. The second-order valence-corrected chi connectivity index (χ2v) is 3.30. The minimum atomic E-state index is 1.14. The van der Waals surface area contributed by atoms with Crippen LogP contribution in [-0.2, 0) is 0 Å². The lowest BCUT2D eigenvalue weighted by Crippen LogP contribution is -1.78. The van der Waals surface area contributed by atoms with E-state index in [4.69, 9.17) is 0 Å². The summed E-state index contributed by atoms with van der Waals surface area (Å²) in [6.07, 6.45) is 9.97. The van der Waals surface area contributed by atoms with Gasteiger partial charge in [-0.3, -0.25) is 0 Å². The minimum absolute atomic E-state index is 1.14. The maximum absolute atomic E-state index is 3.76. The van der Waals surface area contributed by atoms with Crippen LogP contribution in [0.25, 0.3) is 0 Å². The summed E-state index contributed by atoms with van der Waals surface area (Å²) >= 11 is 1.61. The SMILES string of the molecule is C=CSC(=C/C=C\C)/C(C=C)=C\C. The Labute approximate surface area is 85.4 Å². The first-order valence-electron chi connectivity index (χ1n) is 4.19. The second kappa shape index (κ2) is 7.69. The Bertz CT molecular complexity index is 254. The molecule has 0 unspecified atom stereocenters. The van der Waals surface area contributed by atoms with Gasteiger partial charge in [0, 0.05) is 4.91 Å². The molecule has 0 aliphatic heterocycles. The van der Waals surface area contributed by atoms with Gasteiger partial charge in [0.1, 0.15) is 0 Å². The van der Waals surface area contributed by atoms with Crippen molar-refractivity contribution < 1.29 is 0 Å². The van der Waals surface area contributed by atoms with E-state index in [2.05, 4.69) is 19.2 Å². The van der Waals surface area contributed by atoms with Gasteiger partial charge >= 0.3 is 0 Å². The molecular weight excluding hydrogens is 176 g/mol. The smallest absolute Gasteiger partial charge is 0.0184 e. The van der Waals surface area contributed by atoms with Crippen LogP contribution in [0.15, 0.2) is 59.4 Å². The molecule has 0 fully saturated rings. The predicted octanol–water partition coefficient (Wildman–Crippen LogP) is 4.46. The molecule has 0 aromatic carbocycles. The Hall–Kier alpha value is -0.950.